The van der Waals surface area contributed by atoms with Crippen LogP contribution in [-0.2, 0) is 0 Å². The van der Waals surface area contributed by atoms with E-state index in [4.69, 9.17) is 16.1 Å². The molecule has 110 valence electrons. The molecule has 22 heavy (non-hydrogen) atoms. The van der Waals surface area contributed by atoms with Crippen molar-refractivity contribution < 1.29 is 9.32 Å². The number of rotatable bonds is 3. The number of nitrogens with zero attached hydrogens (tertiary/aromatic N) is 2. The number of carbonyl (C=O) groups excluding carboxylic acids is 1. The van der Waals surface area contributed by atoms with Gasteiger partial charge in [0.25, 0.3) is 5.91 Å². The largest absolute Gasteiger partial charge is 0.360 e. The number of halogens is 1. The standard InChI is InChI=1S/C16H12ClN3O2/c1-10-14(16(21)19-11-6-8-18-9-7-11)15(20-22-10)12-4-2-3-5-13(12)17/h2-9H,1H3,(H,18,19,21). The minimum atomic E-state index is -0.306. The Morgan fingerprint density at radius 3 is 2.64 bits per heavy atom. The van der Waals surface area contributed by atoms with Gasteiger partial charge in [-0.3, -0.25) is 9.78 Å². The van der Waals surface area contributed by atoms with Crippen LogP contribution in [0.1, 0.15) is 16.1 Å². The summed E-state index contributed by atoms with van der Waals surface area (Å²) in [5, 5.41) is 7.28. The summed E-state index contributed by atoms with van der Waals surface area (Å²) < 4.78 is 5.18. The number of nitrogens with one attached hydrogen (secondary N) is 1. The van der Waals surface area contributed by atoms with Crippen molar-refractivity contribution in [1.82, 2.24) is 10.1 Å². The molecule has 3 aromatic rings. The lowest BCUT2D eigenvalue weighted by molar-refractivity contribution is 0.102. The van der Waals surface area contributed by atoms with Crippen molar-refractivity contribution in [2.24, 2.45) is 0 Å². The van der Waals surface area contributed by atoms with Gasteiger partial charge in [0, 0.05) is 23.6 Å². The zero-order valence-corrected chi connectivity index (χ0v) is 12.5. The average Bonchev–Trinajstić information content (AvgIpc) is 2.90. The monoisotopic (exact) mass is 313 g/mol. The van der Waals surface area contributed by atoms with Gasteiger partial charge in [-0.2, -0.15) is 0 Å². The first-order valence-electron chi connectivity index (χ1n) is 6.59. The van der Waals surface area contributed by atoms with E-state index < -0.39 is 0 Å². The van der Waals surface area contributed by atoms with Crippen molar-refractivity contribution >= 4 is 23.2 Å². The number of carbonyl (C=O) groups is 1. The molecule has 1 aromatic carbocycles. The van der Waals surface area contributed by atoms with E-state index in [1.54, 1.807) is 43.6 Å². The fourth-order valence-electron chi connectivity index (χ4n) is 2.11. The second-order valence-electron chi connectivity index (χ2n) is 4.63. The Balaban J connectivity index is 1.99. The van der Waals surface area contributed by atoms with Gasteiger partial charge in [-0.15, -0.1) is 0 Å². The van der Waals surface area contributed by atoms with Crippen LogP contribution in [0, 0.1) is 6.92 Å². The Morgan fingerprint density at radius 1 is 1.18 bits per heavy atom. The first-order valence-corrected chi connectivity index (χ1v) is 6.97. The van der Waals surface area contributed by atoms with E-state index in [1.165, 1.54) is 0 Å². The SMILES string of the molecule is Cc1onc(-c2ccccc2Cl)c1C(=O)Nc1ccncc1. The van der Waals surface area contributed by atoms with Crippen molar-refractivity contribution in [3.63, 3.8) is 0 Å². The lowest BCUT2D eigenvalue weighted by Gasteiger charge is -2.06. The second-order valence-corrected chi connectivity index (χ2v) is 5.04. The molecule has 1 amide bonds. The smallest absolute Gasteiger partial charge is 0.261 e. The van der Waals surface area contributed by atoms with Gasteiger partial charge in [0.1, 0.15) is 17.0 Å². The number of amides is 1. The summed E-state index contributed by atoms with van der Waals surface area (Å²) in [6.45, 7) is 1.69. The third kappa shape index (κ3) is 2.71. The molecule has 0 aliphatic rings. The van der Waals surface area contributed by atoms with Gasteiger partial charge < -0.3 is 9.84 Å². The van der Waals surface area contributed by atoms with Crippen LogP contribution in [0.3, 0.4) is 0 Å². The molecule has 0 saturated heterocycles. The zero-order chi connectivity index (χ0) is 15.5. The van der Waals surface area contributed by atoms with E-state index in [2.05, 4.69) is 15.5 Å². The minimum absolute atomic E-state index is 0.306. The number of pyridine rings is 1. The van der Waals surface area contributed by atoms with Crippen LogP contribution < -0.4 is 5.32 Å². The van der Waals surface area contributed by atoms with Crippen LogP contribution in [0.25, 0.3) is 11.3 Å². The molecule has 0 unspecified atom stereocenters. The Kier molecular flexibility index (Phi) is 3.89. The molecule has 2 aromatic heterocycles. The molecule has 0 atom stereocenters. The van der Waals surface area contributed by atoms with E-state index in [1.807, 2.05) is 12.1 Å². The number of hydrogen-bond acceptors (Lipinski definition) is 4. The maximum absolute atomic E-state index is 12.5. The molecule has 0 aliphatic carbocycles. The van der Waals surface area contributed by atoms with Crippen LogP contribution in [0.4, 0.5) is 5.69 Å². The van der Waals surface area contributed by atoms with Crippen molar-refractivity contribution in [2.45, 2.75) is 6.92 Å². The van der Waals surface area contributed by atoms with Crippen LogP contribution in [-0.4, -0.2) is 16.0 Å². The first-order chi connectivity index (χ1) is 10.7. The van der Waals surface area contributed by atoms with Crippen LogP contribution in [0.2, 0.25) is 5.02 Å². The van der Waals surface area contributed by atoms with Gasteiger partial charge in [-0.25, -0.2) is 0 Å². The Labute approximate surface area is 131 Å². The lowest BCUT2D eigenvalue weighted by atomic mass is 10.1. The van der Waals surface area contributed by atoms with Crippen LogP contribution in [0.5, 0.6) is 0 Å². The van der Waals surface area contributed by atoms with E-state index >= 15 is 0 Å². The highest BCUT2D eigenvalue weighted by atomic mass is 35.5. The van der Waals surface area contributed by atoms with Crippen molar-refractivity contribution in [3.8, 4) is 11.3 Å². The number of aromatic nitrogens is 2. The summed E-state index contributed by atoms with van der Waals surface area (Å²) in [5.74, 6) is 0.126. The van der Waals surface area contributed by atoms with E-state index in [0.29, 0.717) is 33.3 Å². The molecule has 1 N–H and O–H groups in total. The second kappa shape index (κ2) is 5.99. The molecular formula is C16H12ClN3O2. The average molecular weight is 314 g/mol. The highest BCUT2D eigenvalue weighted by Gasteiger charge is 2.23. The third-order valence-electron chi connectivity index (χ3n) is 3.16. The fraction of sp³-hybridized carbons (Fsp3) is 0.0625. The van der Waals surface area contributed by atoms with E-state index in [9.17, 15) is 4.79 Å². The minimum Gasteiger partial charge on any atom is -0.360 e. The van der Waals surface area contributed by atoms with Gasteiger partial charge >= 0.3 is 0 Å². The fourth-order valence-corrected chi connectivity index (χ4v) is 2.33. The quantitative estimate of drug-likeness (QED) is 0.795. The Hall–Kier alpha value is -2.66. The molecule has 0 fully saturated rings. The van der Waals surface area contributed by atoms with Crippen molar-refractivity contribution in [1.29, 1.82) is 0 Å². The third-order valence-corrected chi connectivity index (χ3v) is 3.49. The highest BCUT2D eigenvalue weighted by Crippen LogP contribution is 2.31. The maximum Gasteiger partial charge on any atom is 0.261 e. The van der Waals surface area contributed by atoms with Gasteiger partial charge in [0.15, 0.2) is 0 Å². The number of hydrogen-bond donors (Lipinski definition) is 1. The summed E-state index contributed by atoms with van der Waals surface area (Å²) in [6, 6.07) is 10.6. The molecule has 0 aliphatic heterocycles. The number of aryl methyl sites for hydroxylation is 1. The predicted octanol–water partition coefficient (Wildman–Crippen LogP) is 3.95. The van der Waals surface area contributed by atoms with Crippen molar-refractivity contribution in [2.75, 3.05) is 5.32 Å². The maximum atomic E-state index is 12.5. The van der Waals surface area contributed by atoms with Crippen molar-refractivity contribution in [3.05, 3.63) is 65.1 Å². The van der Waals surface area contributed by atoms with Gasteiger partial charge in [-0.1, -0.05) is 35.0 Å². The molecule has 0 spiro atoms. The molecule has 0 bridgehead atoms. The zero-order valence-electron chi connectivity index (χ0n) is 11.7. The van der Waals surface area contributed by atoms with Gasteiger partial charge in [0.2, 0.25) is 0 Å². The molecule has 3 rings (SSSR count). The normalized spacial score (nSPS) is 10.5. The Morgan fingerprint density at radius 2 is 1.91 bits per heavy atom. The van der Waals surface area contributed by atoms with Crippen LogP contribution in [0.15, 0.2) is 53.3 Å². The highest BCUT2D eigenvalue weighted by molar-refractivity contribution is 6.33. The molecule has 0 saturated carbocycles. The molecule has 2 heterocycles. The van der Waals surface area contributed by atoms with E-state index in [-0.39, 0.29) is 5.91 Å². The first kappa shape index (κ1) is 14.3. The summed E-state index contributed by atoms with van der Waals surface area (Å²) in [4.78, 5) is 16.4. The van der Waals surface area contributed by atoms with Gasteiger partial charge in [0.05, 0.1) is 5.02 Å². The Bertz CT molecular complexity index is 815. The number of benzene rings is 1. The molecular weight excluding hydrogens is 302 g/mol. The summed E-state index contributed by atoms with van der Waals surface area (Å²) in [6.07, 6.45) is 3.20. The lowest BCUT2D eigenvalue weighted by Crippen LogP contribution is -2.13. The topological polar surface area (TPSA) is 68.0 Å². The summed E-state index contributed by atoms with van der Waals surface area (Å²) in [5.41, 5.74) is 2.09. The number of anilines is 1. The molecule has 5 nitrogen and oxygen atoms in total. The summed E-state index contributed by atoms with van der Waals surface area (Å²) in [7, 11) is 0. The molecule has 0 radical (unpaired) electrons. The van der Waals surface area contributed by atoms with Crippen LogP contribution >= 0.6 is 11.6 Å². The van der Waals surface area contributed by atoms with E-state index in [0.717, 1.165) is 0 Å². The van der Waals surface area contributed by atoms with Gasteiger partial charge in [-0.05, 0) is 25.1 Å². The predicted molar refractivity (Wildman–Crippen MR) is 83.9 cm³/mol. The molecule has 6 heteroatoms. The summed E-state index contributed by atoms with van der Waals surface area (Å²) >= 11 is 6.18.